The zero-order chi connectivity index (χ0) is 30.3. The van der Waals surface area contributed by atoms with Crippen molar-refractivity contribution in [1.82, 2.24) is 14.9 Å². The largest absolute Gasteiger partial charge is 0.491 e. The minimum absolute atomic E-state index is 0.0800. The maximum Gasteiger partial charge on any atom is 0.276 e. The van der Waals surface area contributed by atoms with Gasteiger partial charge in [0.05, 0.1) is 13.2 Å². The molecule has 1 aliphatic rings. The fourth-order valence-corrected chi connectivity index (χ4v) is 6.43. The number of aromatic nitrogens is 2. The average Bonchev–Trinajstić information content (AvgIpc) is 2.92. The summed E-state index contributed by atoms with van der Waals surface area (Å²) in [5.41, 5.74) is 1.29. The van der Waals surface area contributed by atoms with Crippen LogP contribution in [0.3, 0.4) is 0 Å². The highest BCUT2D eigenvalue weighted by atomic mass is 28.4. The molecule has 0 radical (unpaired) electrons. The Hall–Kier alpha value is -2.45. The lowest BCUT2D eigenvalue weighted by molar-refractivity contribution is 0.0656. The minimum Gasteiger partial charge on any atom is -0.491 e. The van der Waals surface area contributed by atoms with Gasteiger partial charge in [-0.2, -0.15) is 4.98 Å². The molecule has 1 heterocycles. The SMILES string of the molecule is CCCCOc1c(O)nc(CC2(c3ccccc3)CCCCC2)nc1C(=O)N(CCO[Si](C)(C)C(C)(C)C)C(C)C. The molecular weight excluding hydrogens is 530 g/mol. The van der Waals surface area contributed by atoms with Gasteiger partial charge in [-0.15, -0.1) is 0 Å². The minimum atomic E-state index is -1.97. The number of rotatable bonds is 13. The number of carbonyl (C=O) groups is 1. The van der Waals surface area contributed by atoms with Crippen molar-refractivity contribution in [3.63, 3.8) is 0 Å². The highest BCUT2D eigenvalue weighted by Crippen LogP contribution is 2.42. The Morgan fingerprint density at radius 2 is 1.73 bits per heavy atom. The fraction of sp³-hybridized carbons (Fsp3) is 0.667. The number of benzene rings is 1. The summed E-state index contributed by atoms with van der Waals surface area (Å²) in [5.74, 6) is 0.0534. The van der Waals surface area contributed by atoms with Gasteiger partial charge in [-0.3, -0.25) is 4.79 Å². The van der Waals surface area contributed by atoms with Crippen LogP contribution in [0.1, 0.15) is 108 Å². The van der Waals surface area contributed by atoms with Gasteiger partial charge in [-0.25, -0.2) is 4.98 Å². The second-order valence-corrected chi connectivity index (χ2v) is 18.2. The number of amides is 1. The maximum absolute atomic E-state index is 14.1. The Balaban J connectivity index is 1.96. The molecule has 1 aromatic heterocycles. The van der Waals surface area contributed by atoms with Crippen LogP contribution in [0.4, 0.5) is 0 Å². The van der Waals surface area contributed by atoms with Gasteiger partial charge in [0.15, 0.2) is 14.0 Å². The van der Waals surface area contributed by atoms with Crippen LogP contribution in [0.2, 0.25) is 18.1 Å². The summed E-state index contributed by atoms with van der Waals surface area (Å²) in [7, 11) is -1.97. The van der Waals surface area contributed by atoms with E-state index in [0.29, 0.717) is 32.0 Å². The summed E-state index contributed by atoms with van der Waals surface area (Å²) in [4.78, 5) is 25.3. The summed E-state index contributed by atoms with van der Waals surface area (Å²) in [6.45, 7) is 18.4. The predicted octanol–water partition coefficient (Wildman–Crippen LogP) is 7.68. The first-order chi connectivity index (χ1) is 19.3. The zero-order valence-corrected chi connectivity index (χ0v) is 27.8. The molecule has 8 heteroatoms. The third kappa shape index (κ3) is 8.31. The van der Waals surface area contributed by atoms with Crippen molar-refractivity contribution in [3.05, 3.63) is 47.4 Å². The van der Waals surface area contributed by atoms with Crippen LogP contribution >= 0.6 is 0 Å². The van der Waals surface area contributed by atoms with E-state index in [1.807, 2.05) is 19.9 Å². The van der Waals surface area contributed by atoms with E-state index in [9.17, 15) is 9.90 Å². The smallest absolute Gasteiger partial charge is 0.276 e. The number of carbonyl (C=O) groups excluding carboxylic acids is 1. The van der Waals surface area contributed by atoms with Gasteiger partial charge in [-0.05, 0) is 56.8 Å². The number of unbranched alkanes of at least 4 members (excludes halogenated alkanes) is 1. The van der Waals surface area contributed by atoms with Gasteiger partial charge < -0.3 is 19.2 Å². The van der Waals surface area contributed by atoms with Crippen molar-refractivity contribution in [2.75, 3.05) is 19.8 Å². The van der Waals surface area contributed by atoms with Crippen LogP contribution in [-0.4, -0.2) is 60.0 Å². The fourth-order valence-electron chi connectivity index (χ4n) is 5.40. The first kappa shape index (κ1) is 33.1. The molecule has 1 aliphatic carbocycles. The Labute approximate surface area is 249 Å². The van der Waals surface area contributed by atoms with Gasteiger partial charge in [0, 0.05) is 24.4 Å². The van der Waals surface area contributed by atoms with E-state index in [1.165, 1.54) is 12.0 Å². The second-order valence-electron chi connectivity index (χ2n) is 13.4. The van der Waals surface area contributed by atoms with E-state index in [1.54, 1.807) is 4.90 Å². The third-order valence-corrected chi connectivity index (χ3v) is 13.6. The molecule has 1 N–H and O–H groups in total. The number of ether oxygens (including phenoxy) is 1. The first-order valence-electron chi connectivity index (χ1n) is 15.5. The van der Waals surface area contributed by atoms with Crippen LogP contribution in [0.5, 0.6) is 11.6 Å². The summed E-state index contributed by atoms with van der Waals surface area (Å²) in [5, 5.41) is 11.2. The van der Waals surface area contributed by atoms with E-state index in [2.05, 4.69) is 70.0 Å². The van der Waals surface area contributed by atoms with E-state index in [4.69, 9.17) is 14.1 Å². The lowest BCUT2D eigenvalue weighted by Crippen LogP contribution is -2.45. The molecule has 2 aromatic rings. The van der Waals surface area contributed by atoms with E-state index >= 15 is 0 Å². The molecule has 1 fully saturated rings. The molecule has 7 nitrogen and oxygen atoms in total. The molecule has 1 amide bonds. The number of hydrogen-bond acceptors (Lipinski definition) is 6. The number of nitrogens with zero attached hydrogens (tertiary/aromatic N) is 3. The van der Waals surface area contributed by atoms with Crippen LogP contribution in [0.25, 0.3) is 0 Å². The van der Waals surface area contributed by atoms with Crippen LogP contribution in [0.15, 0.2) is 30.3 Å². The maximum atomic E-state index is 14.1. The van der Waals surface area contributed by atoms with E-state index in [-0.39, 0.29) is 39.7 Å². The lowest BCUT2D eigenvalue weighted by atomic mass is 9.67. The van der Waals surface area contributed by atoms with Crippen molar-refractivity contribution in [1.29, 1.82) is 0 Å². The van der Waals surface area contributed by atoms with Crippen molar-refractivity contribution >= 4 is 14.2 Å². The Morgan fingerprint density at radius 3 is 2.32 bits per heavy atom. The number of hydrogen-bond donors (Lipinski definition) is 1. The van der Waals surface area contributed by atoms with Gasteiger partial charge >= 0.3 is 0 Å². The van der Waals surface area contributed by atoms with Gasteiger partial charge in [-0.1, -0.05) is 83.7 Å². The van der Waals surface area contributed by atoms with Gasteiger partial charge in [0.2, 0.25) is 5.75 Å². The highest BCUT2D eigenvalue weighted by Gasteiger charge is 2.38. The second kappa shape index (κ2) is 14.1. The van der Waals surface area contributed by atoms with E-state index < -0.39 is 8.32 Å². The summed E-state index contributed by atoms with van der Waals surface area (Å²) < 4.78 is 12.4. The molecule has 228 valence electrons. The van der Waals surface area contributed by atoms with Crippen LogP contribution < -0.4 is 4.74 Å². The molecule has 0 saturated heterocycles. The average molecular weight is 584 g/mol. The monoisotopic (exact) mass is 583 g/mol. The van der Waals surface area contributed by atoms with Crippen molar-refractivity contribution in [3.8, 4) is 11.6 Å². The molecule has 3 rings (SSSR count). The standard InChI is InChI=1S/C33H53N3O4Si/c1-9-10-22-39-29-28(31(38)36(25(2)3)21-23-40-41(7,8)32(4,5)6)34-27(35-30(29)37)24-33(19-15-12-16-20-33)26-17-13-11-14-18-26/h11,13-14,17-18,25H,9-10,12,15-16,19-24H2,1-8H3,(H,34,35,37). The highest BCUT2D eigenvalue weighted by molar-refractivity contribution is 6.74. The van der Waals surface area contributed by atoms with Crippen molar-refractivity contribution < 1.29 is 19.1 Å². The van der Waals surface area contributed by atoms with E-state index in [0.717, 1.165) is 38.5 Å². The normalized spacial score (nSPS) is 15.6. The topological polar surface area (TPSA) is 84.8 Å². The van der Waals surface area contributed by atoms with Gasteiger partial charge in [0.1, 0.15) is 5.82 Å². The van der Waals surface area contributed by atoms with Crippen LogP contribution in [-0.2, 0) is 16.3 Å². The Morgan fingerprint density at radius 1 is 1.07 bits per heavy atom. The summed E-state index contributed by atoms with van der Waals surface area (Å²) in [6, 6.07) is 10.5. The summed E-state index contributed by atoms with van der Waals surface area (Å²) in [6.07, 6.45) is 7.86. The Bertz CT molecular complexity index is 1130. The molecule has 1 aromatic carbocycles. The number of aromatic hydroxyl groups is 1. The van der Waals surface area contributed by atoms with Crippen molar-refractivity contribution in [2.24, 2.45) is 0 Å². The molecule has 41 heavy (non-hydrogen) atoms. The summed E-state index contributed by atoms with van der Waals surface area (Å²) >= 11 is 0. The molecule has 0 bridgehead atoms. The van der Waals surface area contributed by atoms with Gasteiger partial charge in [0.25, 0.3) is 11.8 Å². The quantitative estimate of drug-likeness (QED) is 0.192. The first-order valence-corrected chi connectivity index (χ1v) is 18.5. The molecule has 0 atom stereocenters. The molecular formula is C33H53N3O4Si. The predicted molar refractivity (Wildman–Crippen MR) is 168 cm³/mol. The molecule has 0 unspecified atom stereocenters. The molecule has 1 saturated carbocycles. The van der Waals surface area contributed by atoms with Crippen LogP contribution in [0, 0.1) is 0 Å². The molecule has 0 aliphatic heterocycles. The molecule has 0 spiro atoms. The Kier molecular flexibility index (Phi) is 11.4. The van der Waals surface area contributed by atoms with Crippen molar-refractivity contribution in [2.45, 2.75) is 122 Å². The lowest BCUT2D eigenvalue weighted by Gasteiger charge is -2.38. The zero-order valence-electron chi connectivity index (χ0n) is 26.8. The third-order valence-electron chi connectivity index (χ3n) is 9.02.